The molecule has 30 heavy (non-hydrogen) atoms. The van der Waals surface area contributed by atoms with Gasteiger partial charge in [0, 0.05) is 23.3 Å². The fraction of sp³-hybridized carbons (Fsp3) is 0.304. The van der Waals surface area contributed by atoms with Gasteiger partial charge in [0.15, 0.2) is 0 Å². The van der Waals surface area contributed by atoms with Crippen LogP contribution in [0.5, 0.6) is 0 Å². The summed E-state index contributed by atoms with van der Waals surface area (Å²) in [4.78, 5) is 17.4. The summed E-state index contributed by atoms with van der Waals surface area (Å²) >= 11 is 0. The van der Waals surface area contributed by atoms with Crippen LogP contribution in [0.4, 0.5) is 5.69 Å². The fourth-order valence-electron chi connectivity index (χ4n) is 3.55. The molecule has 0 unspecified atom stereocenters. The molecule has 2 N–H and O–H groups in total. The predicted octanol–water partition coefficient (Wildman–Crippen LogP) is 3.72. The first-order chi connectivity index (χ1) is 14.3. The van der Waals surface area contributed by atoms with Crippen LogP contribution < -0.4 is 10.0 Å². The number of para-hydroxylation sites is 1. The Bertz CT molecular complexity index is 1200. The molecule has 1 aromatic heterocycles. The first-order valence-electron chi connectivity index (χ1n) is 10.1. The standard InChI is InChI=1S/C23H25N3O3S/c1-15-20-5-3-4-6-22(20)25-16(2)21(15)13-23(27)26-18-9-11-19(12-10-18)30(28,29)24-14-17-7-8-17/h3-6,9-12,17,24H,7-8,13-14H2,1-2H3,(H,26,27). The van der Waals surface area contributed by atoms with E-state index in [-0.39, 0.29) is 17.2 Å². The number of carbonyl (C=O) groups is 1. The monoisotopic (exact) mass is 423 g/mol. The molecule has 0 aliphatic heterocycles. The SMILES string of the molecule is Cc1nc2ccccc2c(C)c1CC(=O)Nc1ccc(S(=O)(=O)NCC2CC2)cc1. The van der Waals surface area contributed by atoms with Crippen molar-refractivity contribution in [2.75, 3.05) is 11.9 Å². The van der Waals surface area contributed by atoms with E-state index in [1.807, 2.05) is 38.1 Å². The first kappa shape index (κ1) is 20.5. The van der Waals surface area contributed by atoms with Crippen molar-refractivity contribution in [3.05, 3.63) is 65.4 Å². The van der Waals surface area contributed by atoms with E-state index in [2.05, 4.69) is 15.0 Å². The molecule has 1 aliphatic carbocycles. The van der Waals surface area contributed by atoms with E-state index >= 15 is 0 Å². The zero-order chi connectivity index (χ0) is 21.3. The van der Waals surface area contributed by atoms with Crippen molar-refractivity contribution in [1.29, 1.82) is 0 Å². The number of aryl methyl sites for hydroxylation is 2. The summed E-state index contributed by atoms with van der Waals surface area (Å²) in [5.74, 6) is 0.301. The molecule has 4 rings (SSSR count). The Morgan fingerprint density at radius 1 is 1.07 bits per heavy atom. The number of carbonyl (C=O) groups excluding carboxylic acids is 1. The highest BCUT2D eigenvalue weighted by Crippen LogP contribution is 2.28. The Labute approximate surface area is 176 Å². The Balaban J connectivity index is 1.45. The molecule has 0 bridgehead atoms. The molecule has 1 saturated carbocycles. The van der Waals surface area contributed by atoms with Crippen molar-refractivity contribution >= 4 is 32.5 Å². The molecule has 1 heterocycles. The van der Waals surface area contributed by atoms with Gasteiger partial charge < -0.3 is 5.32 Å². The Morgan fingerprint density at radius 3 is 2.47 bits per heavy atom. The van der Waals surface area contributed by atoms with Crippen LogP contribution in [0.2, 0.25) is 0 Å². The van der Waals surface area contributed by atoms with Crippen molar-refractivity contribution in [2.45, 2.75) is 38.0 Å². The fourth-order valence-corrected chi connectivity index (χ4v) is 4.66. The Hall–Kier alpha value is -2.77. The van der Waals surface area contributed by atoms with Gasteiger partial charge in [-0.3, -0.25) is 9.78 Å². The van der Waals surface area contributed by atoms with E-state index in [9.17, 15) is 13.2 Å². The second kappa shape index (κ2) is 8.16. The number of hydrogen-bond acceptors (Lipinski definition) is 4. The highest BCUT2D eigenvalue weighted by Gasteiger charge is 2.24. The number of amides is 1. The van der Waals surface area contributed by atoms with Crippen molar-refractivity contribution < 1.29 is 13.2 Å². The molecule has 2 aromatic carbocycles. The lowest BCUT2D eigenvalue weighted by Crippen LogP contribution is -2.25. The zero-order valence-electron chi connectivity index (χ0n) is 17.1. The zero-order valence-corrected chi connectivity index (χ0v) is 17.9. The normalized spacial score (nSPS) is 14.1. The maximum atomic E-state index is 12.6. The molecule has 1 fully saturated rings. The van der Waals surface area contributed by atoms with E-state index in [1.54, 1.807) is 12.1 Å². The van der Waals surface area contributed by atoms with Gasteiger partial charge in [-0.15, -0.1) is 0 Å². The second-order valence-corrected chi connectivity index (χ2v) is 9.63. The third-order valence-corrected chi connectivity index (χ3v) is 6.97. The minimum atomic E-state index is -3.51. The number of aromatic nitrogens is 1. The number of rotatable bonds is 7. The number of nitrogens with zero attached hydrogens (tertiary/aromatic N) is 1. The molecule has 1 amide bonds. The first-order valence-corrected chi connectivity index (χ1v) is 11.6. The van der Waals surface area contributed by atoms with E-state index in [0.717, 1.165) is 40.6 Å². The maximum absolute atomic E-state index is 12.6. The minimum absolute atomic E-state index is 0.166. The van der Waals surface area contributed by atoms with Crippen LogP contribution in [0.25, 0.3) is 10.9 Å². The van der Waals surface area contributed by atoms with Crippen molar-refractivity contribution in [1.82, 2.24) is 9.71 Å². The summed E-state index contributed by atoms with van der Waals surface area (Å²) in [7, 11) is -3.51. The smallest absolute Gasteiger partial charge is 0.240 e. The van der Waals surface area contributed by atoms with E-state index in [0.29, 0.717) is 18.2 Å². The second-order valence-electron chi connectivity index (χ2n) is 7.86. The van der Waals surface area contributed by atoms with Gasteiger partial charge >= 0.3 is 0 Å². The Kier molecular flexibility index (Phi) is 5.58. The van der Waals surface area contributed by atoms with Crippen molar-refractivity contribution in [2.24, 2.45) is 5.92 Å². The molecule has 3 aromatic rings. The molecule has 0 spiro atoms. The summed E-state index contributed by atoms with van der Waals surface area (Å²) in [6.45, 7) is 4.41. The Morgan fingerprint density at radius 2 is 1.77 bits per heavy atom. The van der Waals surface area contributed by atoms with Crippen LogP contribution >= 0.6 is 0 Å². The van der Waals surface area contributed by atoms with Crippen LogP contribution in [0, 0.1) is 19.8 Å². The summed E-state index contributed by atoms with van der Waals surface area (Å²) in [5, 5.41) is 3.89. The van der Waals surface area contributed by atoms with E-state index in [1.165, 1.54) is 12.1 Å². The van der Waals surface area contributed by atoms with Crippen LogP contribution in [0.3, 0.4) is 0 Å². The van der Waals surface area contributed by atoms with Crippen molar-refractivity contribution in [3.8, 4) is 0 Å². The number of anilines is 1. The molecule has 0 saturated heterocycles. The summed E-state index contributed by atoms with van der Waals surface area (Å²) in [6, 6.07) is 14.1. The van der Waals surface area contributed by atoms with Crippen LogP contribution in [0.15, 0.2) is 53.4 Å². The lowest BCUT2D eigenvalue weighted by molar-refractivity contribution is -0.115. The lowest BCUT2D eigenvalue weighted by atomic mass is 9.99. The number of hydrogen-bond donors (Lipinski definition) is 2. The van der Waals surface area contributed by atoms with Gasteiger partial charge in [0.2, 0.25) is 15.9 Å². The van der Waals surface area contributed by atoms with E-state index < -0.39 is 10.0 Å². The third kappa shape index (κ3) is 4.52. The maximum Gasteiger partial charge on any atom is 0.240 e. The highest BCUT2D eigenvalue weighted by molar-refractivity contribution is 7.89. The van der Waals surface area contributed by atoms with E-state index in [4.69, 9.17) is 0 Å². The molecule has 6 nitrogen and oxygen atoms in total. The van der Waals surface area contributed by atoms with Gasteiger partial charge in [-0.2, -0.15) is 0 Å². The lowest BCUT2D eigenvalue weighted by Gasteiger charge is -2.13. The number of benzene rings is 2. The summed E-state index contributed by atoms with van der Waals surface area (Å²) in [5.41, 5.74) is 4.28. The van der Waals surface area contributed by atoms with Gasteiger partial charge in [0.25, 0.3) is 0 Å². The van der Waals surface area contributed by atoms with Crippen LogP contribution in [-0.4, -0.2) is 25.9 Å². The van der Waals surface area contributed by atoms with Gasteiger partial charge in [-0.1, -0.05) is 18.2 Å². The third-order valence-electron chi connectivity index (χ3n) is 5.53. The highest BCUT2D eigenvalue weighted by atomic mass is 32.2. The molecular weight excluding hydrogens is 398 g/mol. The van der Waals surface area contributed by atoms with Crippen LogP contribution in [0.1, 0.15) is 29.7 Å². The van der Waals surface area contributed by atoms with Gasteiger partial charge in [-0.05, 0) is 74.1 Å². The number of sulfonamides is 1. The summed E-state index contributed by atoms with van der Waals surface area (Å²) < 4.78 is 27.3. The summed E-state index contributed by atoms with van der Waals surface area (Å²) in [6.07, 6.45) is 2.37. The molecule has 0 radical (unpaired) electrons. The average Bonchev–Trinajstić information content (AvgIpc) is 3.55. The van der Waals surface area contributed by atoms with Crippen molar-refractivity contribution in [3.63, 3.8) is 0 Å². The molecule has 156 valence electrons. The topological polar surface area (TPSA) is 88.2 Å². The largest absolute Gasteiger partial charge is 0.326 e. The molecule has 7 heteroatoms. The number of nitrogens with one attached hydrogen (secondary N) is 2. The molecule has 0 atom stereocenters. The number of pyridine rings is 1. The van der Waals surface area contributed by atoms with Gasteiger partial charge in [0.1, 0.15) is 0 Å². The van der Waals surface area contributed by atoms with Gasteiger partial charge in [-0.25, -0.2) is 13.1 Å². The quantitative estimate of drug-likeness (QED) is 0.606. The average molecular weight is 424 g/mol. The predicted molar refractivity (Wildman–Crippen MR) is 118 cm³/mol. The van der Waals surface area contributed by atoms with Crippen LogP contribution in [-0.2, 0) is 21.2 Å². The minimum Gasteiger partial charge on any atom is -0.326 e. The number of fused-ring (bicyclic) bond motifs is 1. The van der Waals surface area contributed by atoms with Gasteiger partial charge in [0.05, 0.1) is 16.8 Å². The molecular formula is C23H25N3O3S. The molecule has 1 aliphatic rings.